The van der Waals surface area contributed by atoms with Crippen molar-refractivity contribution in [1.29, 1.82) is 0 Å². The number of carbonyl (C=O) groups is 2. The highest BCUT2D eigenvalue weighted by atomic mass is 16.5. The molecule has 0 spiro atoms. The third-order valence-electron chi connectivity index (χ3n) is 4.30. The number of hydrogen-bond donors (Lipinski definition) is 3. The van der Waals surface area contributed by atoms with E-state index in [1.54, 1.807) is 31.2 Å². The Hall–Kier alpha value is -2.94. The molecule has 9 heteroatoms. The molecule has 1 atom stereocenters. The number of nitrogens with one attached hydrogen (secondary N) is 3. The van der Waals surface area contributed by atoms with Crippen molar-refractivity contribution in [2.75, 3.05) is 23.8 Å². The summed E-state index contributed by atoms with van der Waals surface area (Å²) >= 11 is 0. The van der Waals surface area contributed by atoms with Gasteiger partial charge in [-0.15, -0.1) is 0 Å². The van der Waals surface area contributed by atoms with E-state index in [2.05, 4.69) is 26.1 Å². The minimum atomic E-state index is -0.274. The number of amides is 3. The molecule has 3 amide bonds. The number of anilines is 2. The van der Waals surface area contributed by atoms with Crippen LogP contribution < -0.4 is 16.0 Å². The lowest BCUT2D eigenvalue weighted by molar-refractivity contribution is -0.116. The molecule has 1 aromatic heterocycles. The van der Waals surface area contributed by atoms with Crippen molar-refractivity contribution in [3.8, 4) is 0 Å². The van der Waals surface area contributed by atoms with E-state index in [9.17, 15) is 9.59 Å². The van der Waals surface area contributed by atoms with E-state index in [4.69, 9.17) is 9.26 Å². The van der Waals surface area contributed by atoms with Gasteiger partial charge in [-0.25, -0.2) is 4.79 Å². The Labute approximate surface area is 163 Å². The first-order valence-corrected chi connectivity index (χ1v) is 9.44. The zero-order valence-electron chi connectivity index (χ0n) is 15.9. The van der Waals surface area contributed by atoms with E-state index in [0.29, 0.717) is 48.9 Å². The number of benzene rings is 1. The zero-order chi connectivity index (χ0) is 19.8. The normalized spacial score (nSPS) is 16.0. The summed E-state index contributed by atoms with van der Waals surface area (Å²) < 4.78 is 10.5. The Balaban J connectivity index is 1.35. The molecule has 1 fully saturated rings. The highest BCUT2D eigenvalue weighted by Gasteiger charge is 2.16. The van der Waals surface area contributed by atoms with Crippen LogP contribution in [0.2, 0.25) is 0 Å². The summed E-state index contributed by atoms with van der Waals surface area (Å²) in [6.45, 7) is 3.02. The number of carbonyl (C=O) groups excluding carboxylic acids is 2. The highest BCUT2D eigenvalue weighted by molar-refractivity contribution is 5.92. The number of aryl methyl sites for hydroxylation is 2. The SMILES string of the molecule is Cc1noc(CCCC(=O)Nc2ccc(NC(=O)NCC3CCCO3)cc2)n1. The Bertz CT molecular complexity index is 784. The second-order valence-corrected chi connectivity index (χ2v) is 6.68. The fourth-order valence-electron chi connectivity index (χ4n) is 2.89. The molecule has 0 radical (unpaired) electrons. The van der Waals surface area contributed by atoms with Crippen LogP contribution in [0.25, 0.3) is 0 Å². The maximum atomic E-state index is 12.0. The fourth-order valence-corrected chi connectivity index (χ4v) is 2.89. The fraction of sp³-hybridized carbons (Fsp3) is 0.474. The molecule has 1 aromatic carbocycles. The van der Waals surface area contributed by atoms with Gasteiger partial charge in [0.15, 0.2) is 5.82 Å². The summed E-state index contributed by atoms with van der Waals surface area (Å²) in [7, 11) is 0. The summed E-state index contributed by atoms with van der Waals surface area (Å²) in [6.07, 6.45) is 3.66. The minimum Gasteiger partial charge on any atom is -0.376 e. The van der Waals surface area contributed by atoms with Crippen LogP contribution in [0.4, 0.5) is 16.2 Å². The van der Waals surface area contributed by atoms with Gasteiger partial charge >= 0.3 is 6.03 Å². The van der Waals surface area contributed by atoms with E-state index in [0.717, 1.165) is 19.4 Å². The molecule has 3 rings (SSSR count). The Morgan fingerprint density at radius 2 is 1.93 bits per heavy atom. The molecule has 28 heavy (non-hydrogen) atoms. The smallest absolute Gasteiger partial charge is 0.319 e. The average Bonchev–Trinajstić information content (AvgIpc) is 3.33. The summed E-state index contributed by atoms with van der Waals surface area (Å²) in [4.78, 5) is 28.0. The average molecular weight is 387 g/mol. The van der Waals surface area contributed by atoms with Crippen molar-refractivity contribution in [2.45, 2.75) is 45.1 Å². The molecule has 0 aliphatic carbocycles. The number of rotatable bonds is 8. The minimum absolute atomic E-state index is 0.0914. The van der Waals surface area contributed by atoms with Gasteiger partial charge < -0.3 is 25.2 Å². The first kappa shape index (κ1) is 19.8. The van der Waals surface area contributed by atoms with Gasteiger partial charge in [0, 0.05) is 37.4 Å². The second-order valence-electron chi connectivity index (χ2n) is 6.68. The Kier molecular flexibility index (Phi) is 6.96. The van der Waals surface area contributed by atoms with Gasteiger partial charge in [0.25, 0.3) is 0 Å². The van der Waals surface area contributed by atoms with Crippen LogP contribution in [-0.2, 0) is 16.0 Å². The highest BCUT2D eigenvalue weighted by Crippen LogP contribution is 2.15. The molecule has 3 N–H and O–H groups in total. The number of aromatic nitrogens is 2. The van der Waals surface area contributed by atoms with Crippen LogP contribution in [-0.4, -0.2) is 41.3 Å². The summed E-state index contributed by atoms with van der Waals surface area (Å²) in [5, 5.41) is 12.1. The van der Waals surface area contributed by atoms with Crippen LogP contribution in [0.1, 0.15) is 37.4 Å². The van der Waals surface area contributed by atoms with Crippen molar-refractivity contribution in [3.63, 3.8) is 0 Å². The van der Waals surface area contributed by atoms with Crippen LogP contribution in [0, 0.1) is 6.92 Å². The first-order chi connectivity index (χ1) is 13.6. The summed E-state index contributed by atoms with van der Waals surface area (Å²) in [5.41, 5.74) is 1.32. The topological polar surface area (TPSA) is 118 Å². The standard InChI is InChI=1S/C19H25N5O4/c1-13-21-18(28-24-13)6-2-5-17(25)22-14-7-9-15(10-8-14)23-19(26)20-12-16-4-3-11-27-16/h7-10,16H,2-6,11-12H2,1H3,(H,22,25)(H2,20,23,26). The third kappa shape index (κ3) is 6.34. The van der Waals surface area contributed by atoms with Crippen molar-refractivity contribution in [1.82, 2.24) is 15.5 Å². The van der Waals surface area contributed by atoms with Crippen molar-refractivity contribution < 1.29 is 18.8 Å². The maximum absolute atomic E-state index is 12.0. The molecule has 1 aliphatic rings. The molecule has 1 unspecified atom stereocenters. The molecule has 0 saturated carbocycles. The Morgan fingerprint density at radius 3 is 2.57 bits per heavy atom. The first-order valence-electron chi connectivity index (χ1n) is 9.44. The molecule has 0 bridgehead atoms. The molecule has 150 valence electrons. The molecular weight excluding hydrogens is 362 g/mol. The van der Waals surface area contributed by atoms with E-state index in [1.165, 1.54) is 0 Å². The summed E-state index contributed by atoms with van der Waals surface area (Å²) in [6, 6.07) is 6.69. The number of urea groups is 1. The second kappa shape index (κ2) is 9.84. The van der Waals surface area contributed by atoms with E-state index < -0.39 is 0 Å². The van der Waals surface area contributed by atoms with Gasteiger partial charge in [0.2, 0.25) is 11.8 Å². The van der Waals surface area contributed by atoms with Crippen LogP contribution in [0.5, 0.6) is 0 Å². The predicted molar refractivity (Wildman–Crippen MR) is 103 cm³/mol. The van der Waals surface area contributed by atoms with Gasteiger partial charge in [0.05, 0.1) is 6.10 Å². The lowest BCUT2D eigenvalue weighted by Crippen LogP contribution is -2.35. The van der Waals surface area contributed by atoms with Crippen LogP contribution in [0.15, 0.2) is 28.8 Å². The Morgan fingerprint density at radius 1 is 1.18 bits per heavy atom. The van der Waals surface area contributed by atoms with E-state index in [-0.39, 0.29) is 18.0 Å². The van der Waals surface area contributed by atoms with Crippen LogP contribution in [0.3, 0.4) is 0 Å². The third-order valence-corrected chi connectivity index (χ3v) is 4.30. The van der Waals surface area contributed by atoms with Crippen molar-refractivity contribution >= 4 is 23.3 Å². The van der Waals surface area contributed by atoms with Gasteiger partial charge in [0.1, 0.15) is 0 Å². The molecule has 2 aromatic rings. The summed E-state index contributed by atoms with van der Waals surface area (Å²) in [5.74, 6) is 1.04. The van der Waals surface area contributed by atoms with Gasteiger partial charge in [-0.05, 0) is 50.5 Å². The molecule has 9 nitrogen and oxygen atoms in total. The molecular formula is C19H25N5O4. The quantitative estimate of drug-likeness (QED) is 0.641. The zero-order valence-corrected chi connectivity index (χ0v) is 15.9. The van der Waals surface area contributed by atoms with E-state index in [1.807, 2.05) is 0 Å². The van der Waals surface area contributed by atoms with E-state index >= 15 is 0 Å². The van der Waals surface area contributed by atoms with Crippen molar-refractivity contribution in [3.05, 3.63) is 36.0 Å². The number of ether oxygens (including phenoxy) is 1. The molecule has 1 aliphatic heterocycles. The lowest BCUT2D eigenvalue weighted by Gasteiger charge is -2.12. The molecule has 1 saturated heterocycles. The largest absolute Gasteiger partial charge is 0.376 e. The maximum Gasteiger partial charge on any atom is 0.319 e. The van der Waals surface area contributed by atoms with Crippen molar-refractivity contribution in [2.24, 2.45) is 0 Å². The van der Waals surface area contributed by atoms with Gasteiger partial charge in [-0.3, -0.25) is 4.79 Å². The van der Waals surface area contributed by atoms with Gasteiger partial charge in [-0.2, -0.15) is 4.98 Å². The molecule has 2 heterocycles. The lowest BCUT2D eigenvalue weighted by atomic mass is 10.2. The predicted octanol–water partition coefficient (Wildman–Crippen LogP) is 2.64. The van der Waals surface area contributed by atoms with Gasteiger partial charge in [-0.1, -0.05) is 5.16 Å². The monoisotopic (exact) mass is 387 g/mol. The van der Waals surface area contributed by atoms with Crippen LogP contribution >= 0.6 is 0 Å². The number of hydrogen-bond acceptors (Lipinski definition) is 6. The number of nitrogens with zero attached hydrogens (tertiary/aromatic N) is 2.